The first-order chi connectivity index (χ1) is 4.83. The lowest BCUT2D eigenvalue weighted by atomic mass is 10.1. The van der Waals surface area contributed by atoms with Crippen LogP contribution in [0.2, 0.25) is 0 Å². The molecule has 0 aromatic rings. The van der Waals surface area contributed by atoms with Crippen LogP contribution in [0.15, 0.2) is 0 Å². The van der Waals surface area contributed by atoms with E-state index in [0.717, 1.165) is 32.2 Å². The van der Waals surface area contributed by atoms with E-state index in [0.29, 0.717) is 12.6 Å². The number of halogens is 1. The van der Waals surface area contributed by atoms with Crippen molar-refractivity contribution in [3.05, 3.63) is 0 Å². The Bertz CT molecular complexity index is 113. The smallest absolute Gasteiger partial charge is 0.133 e. The van der Waals surface area contributed by atoms with Crippen LogP contribution in [0.25, 0.3) is 0 Å². The minimum Gasteiger partial charge on any atom is -0.328 e. The van der Waals surface area contributed by atoms with Gasteiger partial charge in [0.1, 0.15) is 6.29 Å². The van der Waals surface area contributed by atoms with Gasteiger partial charge in [-0.05, 0) is 12.8 Å². The summed E-state index contributed by atoms with van der Waals surface area (Å²) in [4.78, 5) is 12.2. The van der Waals surface area contributed by atoms with E-state index in [9.17, 15) is 4.79 Å². The molecular weight excluding hydrogens is 164 g/mol. The third-order valence-electron chi connectivity index (χ3n) is 1.96. The molecule has 66 valence electrons. The summed E-state index contributed by atoms with van der Waals surface area (Å²) in [5, 5.41) is 0. The molecule has 0 bridgehead atoms. The van der Waals surface area contributed by atoms with Crippen molar-refractivity contribution in [3.8, 4) is 0 Å². The van der Waals surface area contributed by atoms with Crippen LogP contribution in [0.3, 0.4) is 0 Å². The van der Waals surface area contributed by atoms with Gasteiger partial charge in [-0.15, -0.1) is 12.4 Å². The third kappa shape index (κ3) is 3.70. The molecule has 1 rings (SSSR count). The molecule has 0 amide bonds. The standard InChI is InChI=1S/C7H14N2O.ClH/c8-7-1-3-9(4-2-7)5-6-10;/h6-7H,1-5,8H2;1H. The second-order valence-electron chi connectivity index (χ2n) is 2.80. The van der Waals surface area contributed by atoms with E-state index in [1.54, 1.807) is 0 Å². The van der Waals surface area contributed by atoms with E-state index in [1.807, 2.05) is 0 Å². The van der Waals surface area contributed by atoms with E-state index < -0.39 is 0 Å². The Kier molecular flexibility index (Phi) is 5.46. The molecule has 4 heteroatoms. The molecule has 1 fully saturated rings. The summed E-state index contributed by atoms with van der Waals surface area (Å²) in [6.45, 7) is 2.55. The lowest BCUT2D eigenvalue weighted by Crippen LogP contribution is -2.40. The predicted octanol–water partition coefficient (Wildman–Crippen LogP) is 0.0302. The highest BCUT2D eigenvalue weighted by Crippen LogP contribution is 2.06. The maximum Gasteiger partial charge on any atom is 0.133 e. The molecule has 0 atom stereocenters. The average molecular weight is 179 g/mol. The van der Waals surface area contributed by atoms with Crippen LogP contribution >= 0.6 is 12.4 Å². The molecule has 0 saturated carbocycles. The summed E-state index contributed by atoms with van der Waals surface area (Å²) < 4.78 is 0. The second-order valence-corrected chi connectivity index (χ2v) is 2.80. The van der Waals surface area contributed by atoms with Crippen molar-refractivity contribution in [1.29, 1.82) is 0 Å². The minimum atomic E-state index is 0. The number of rotatable bonds is 2. The topological polar surface area (TPSA) is 46.3 Å². The van der Waals surface area contributed by atoms with Crippen LogP contribution in [0.1, 0.15) is 12.8 Å². The molecule has 0 spiro atoms. The van der Waals surface area contributed by atoms with Crippen LogP contribution in [0.4, 0.5) is 0 Å². The SMILES string of the molecule is Cl.NC1CCN(CC=O)CC1. The predicted molar refractivity (Wildman–Crippen MR) is 47.0 cm³/mol. The normalized spacial score (nSPS) is 20.8. The van der Waals surface area contributed by atoms with Crippen molar-refractivity contribution in [2.75, 3.05) is 19.6 Å². The molecule has 0 aliphatic carbocycles. The maximum absolute atomic E-state index is 10.1. The zero-order chi connectivity index (χ0) is 7.40. The third-order valence-corrected chi connectivity index (χ3v) is 1.96. The van der Waals surface area contributed by atoms with Crippen molar-refractivity contribution >= 4 is 18.7 Å². The molecule has 1 heterocycles. The highest BCUT2D eigenvalue weighted by atomic mass is 35.5. The van der Waals surface area contributed by atoms with Crippen LogP contribution in [-0.4, -0.2) is 36.9 Å². The van der Waals surface area contributed by atoms with E-state index in [4.69, 9.17) is 5.73 Å². The highest BCUT2D eigenvalue weighted by molar-refractivity contribution is 5.85. The fraction of sp³-hybridized carbons (Fsp3) is 0.857. The summed E-state index contributed by atoms with van der Waals surface area (Å²) >= 11 is 0. The maximum atomic E-state index is 10.1. The van der Waals surface area contributed by atoms with E-state index in [1.165, 1.54) is 0 Å². The van der Waals surface area contributed by atoms with Gasteiger partial charge in [0, 0.05) is 19.1 Å². The van der Waals surface area contributed by atoms with Crippen molar-refractivity contribution in [2.24, 2.45) is 5.73 Å². The van der Waals surface area contributed by atoms with E-state index in [2.05, 4.69) is 4.90 Å². The number of aldehydes is 1. The molecular formula is C7H15ClN2O. The van der Waals surface area contributed by atoms with Crippen molar-refractivity contribution in [3.63, 3.8) is 0 Å². The van der Waals surface area contributed by atoms with Gasteiger partial charge < -0.3 is 10.5 Å². The average Bonchev–Trinajstić information content (AvgIpc) is 1.95. The highest BCUT2D eigenvalue weighted by Gasteiger charge is 2.14. The molecule has 1 aliphatic rings. The van der Waals surface area contributed by atoms with Gasteiger partial charge in [-0.1, -0.05) is 0 Å². The quantitative estimate of drug-likeness (QED) is 0.607. The molecule has 2 N–H and O–H groups in total. The number of nitrogens with two attached hydrogens (primary N) is 1. The molecule has 1 aliphatic heterocycles. The summed E-state index contributed by atoms with van der Waals surface area (Å²) in [7, 11) is 0. The fourth-order valence-electron chi connectivity index (χ4n) is 1.24. The molecule has 1 saturated heterocycles. The van der Waals surface area contributed by atoms with Gasteiger partial charge in [-0.2, -0.15) is 0 Å². The zero-order valence-corrected chi connectivity index (χ0v) is 7.35. The Morgan fingerprint density at radius 2 is 2.00 bits per heavy atom. The first kappa shape index (κ1) is 10.9. The largest absolute Gasteiger partial charge is 0.328 e. The van der Waals surface area contributed by atoms with Crippen LogP contribution in [-0.2, 0) is 4.79 Å². The van der Waals surface area contributed by atoms with Gasteiger partial charge in [0.25, 0.3) is 0 Å². The van der Waals surface area contributed by atoms with Crippen LogP contribution < -0.4 is 5.73 Å². The minimum absolute atomic E-state index is 0. The molecule has 0 unspecified atom stereocenters. The van der Waals surface area contributed by atoms with E-state index >= 15 is 0 Å². The number of carbonyl (C=O) groups excluding carboxylic acids is 1. The van der Waals surface area contributed by atoms with Crippen LogP contribution in [0.5, 0.6) is 0 Å². The first-order valence-electron chi connectivity index (χ1n) is 3.74. The number of hydrogen-bond acceptors (Lipinski definition) is 3. The number of likely N-dealkylation sites (tertiary alicyclic amines) is 1. The number of carbonyl (C=O) groups is 1. The number of hydrogen-bond donors (Lipinski definition) is 1. The second kappa shape index (κ2) is 5.52. The lowest BCUT2D eigenvalue weighted by molar-refractivity contribution is -0.109. The van der Waals surface area contributed by atoms with Crippen molar-refractivity contribution < 1.29 is 4.79 Å². The van der Waals surface area contributed by atoms with Crippen LogP contribution in [0, 0.1) is 0 Å². The Morgan fingerprint density at radius 3 is 2.45 bits per heavy atom. The van der Waals surface area contributed by atoms with Gasteiger partial charge in [-0.3, -0.25) is 4.90 Å². The molecule has 0 radical (unpaired) electrons. The monoisotopic (exact) mass is 178 g/mol. The summed E-state index contributed by atoms with van der Waals surface area (Å²) in [5.74, 6) is 0. The lowest BCUT2D eigenvalue weighted by Gasteiger charge is -2.28. The molecule has 0 aromatic heterocycles. The summed E-state index contributed by atoms with van der Waals surface area (Å²) in [6.07, 6.45) is 3.03. The Hall–Kier alpha value is -0.120. The van der Waals surface area contributed by atoms with Crippen molar-refractivity contribution in [2.45, 2.75) is 18.9 Å². The van der Waals surface area contributed by atoms with Gasteiger partial charge in [0.2, 0.25) is 0 Å². The van der Waals surface area contributed by atoms with Gasteiger partial charge >= 0.3 is 0 Å². The summed E-state index contributed by atoms with van der Waals surface area (Å²) in [5.41, 5.74) is 5.68. The Balaban J connectivity index is 0.000001000. The van der Waals surface area contributed by atoms with E-state index in [-0.39, 0.29) is 12.4 Å². The Morgan fingerprint density at radius 1 is 1.45 bits per heavy atom. The van der Waals surface area contributed by atoms with Gasteiger partial charge in [-0.25, -0.2) is 0 Å². The molecule has 0 aromatic carbocycles. The fourth-order valence-corrected chi connectivity index (χ4v) is 1.24. The first-order valence-corrected chi connectivity index (χ1v) is 3.74. The van der Waals surface area contributed by atoms with Crippen molar-refractivity contribution in [1.82, 2.24) is 4.90 Å². The summed E-state index contributed by atoms with van der Waals surface area (Å²) in [6, 6.07) is 0.364. The van der Waals surface area contributed by atoms with Gasteiger partial charge in [0.05, 0.1) is 6.54 Å². The number of piperidine rings is 1. The zero-order valence-electron chi connectivity index (χ0n) is 6.53. The molecule has 3 nitrogen and oxygen atoms in total. The number of nitrogens with zero attached hydrogens (tertiary/aromatic N) is 1. The Labute approximate surface area is 73.3 Å². The van der Waals surface area contributed by atoms with Gasteiger partial charge in [0.15, 0.2) is 0 Å². The molecule has 11 heavy (non-hydrogen) atoms.